The fraction of sp³-hybridized carbons (Fsp3) is 0.818. The van der Waals surface area contributed by atoms with Gasteiger partial charge in [0.05, 0.1) is 26.4 Å². The van der Waals surface area contributed by atoms with Crippen LogP contribution < -0.4 is 4.90 Å². The number of rotatable bonds is 4. The second-order valence-corrected chi connectivity index (χ2v) is 4.60. The molecule has 3 atom stereocenters. The normalized spacial score (nSPS) is 29.8. The Morgan fingerprint density at radius 1 is 1.44 bits per heavy atom. The summed E-state index contributed by atoms with van der Waals surface area (Å²) in [6.07, 6.45) is 1.72. The second kappa shape index (κ2) is 5.84. The summed E-state index contributed by atoms with van der Waals surface area (Å²) < 4.78 is 5.29. The van der Waals surface area contributed by atoms with E-state index in [1.54, 1.807) is 0 Å². The molecule has 92 valence electrons. The van der Waals surface area contributed by atoms with E-state index in [1.165, 1.54) is 4.90 Å². The highest BCUT2D eigenvalue weighted by atomic mass is 16.6. The molecule has 0 aromatic heterocycles. The molecule has 5 nitrogen and oxygen atoms in total. The first-order chi connectivity index (χ1) is 7.49. The minimum Gasteiger partial charge on any atom is -0.481 e. The number of ether oxygens (including phenoxy) is 1. The van der Waals surface area contributed by atoms with Crippen LogP contribution in [-0.4, -0.2) is 36.9 Å². The van der Waals surface area contributed by atoms with Crippen LogP contribution in [0.4, 0.5) is 0 Å². The van der Waals surface area contributed by atoms with Gasteiger partial charge in [0, 0.05) is 6.42 Å². The van der Waals surface area contributed by atoms with Crippen LogP contribution in [0.15, 0.2) is 0 Å². The van der Waals surface area contributed by atoms with Crippen molar-refractivity contribution < 1.29 is 24.3 Å². The molecule has 1 fully saturated rings. The summed E-state index contributed by atoms with van der Waals surface area (Å²) in [6, 6.07) is 0. The first-order valence-corrected chi connectivity index (χ1v) is 5.72. The lowest BCUT2D eigenvalue weighted by Crippen LogP contribution is -3.14. The van der Waals surface area contributed by atoms with Gasteiger partial charge in [-0.3, -0.25) is 9.59 Å². The Morgan fingerprint density at radius 2 is 2.12 bits per heavy atom. The monoisotopic (exact) mass is 230 g/mol. The van der Waals surface area contributed by atoms with E-state index in [1.807, 2.05) is 7.05 Å². The number of piperidine rings is 1. The summed E-state index contributed by atoms with van der Waals surface area (Å²) in [5.74, 6) is -0.795. The molecule has 0 aromatic carbocycles. The van der Waals surface area contributed by atoms with Crippen molar-refractivity contribution in [3.05, 3.63) is 0 Å². The molecule has 0 aliphatic carbocycles. The molecule has 0 aromatic rings. The van der Waals surface area contributed by atoms with Gasteiger partial charge < -0.3 is 14.7 Å². The van der Waals surface area contributed by atoms with Gasteiger partial charge in [-0.15, -0.1) is 0 Å². The van der Waals surface area contributed by atoms with E-state index in [-0.39, 0.29) is 19.1 Å². The zero-order valence-corrected chi connectivity index (χ0v) is 9.86. The van der Waals surface area contributed by atoms with E-state index in [4.69, 9.17) is 9.84 Å². The Bertz CT molecular complexity index is 267. The van der Waals surface area contributed by atoms with Crippen molar-refractivity contribution in [1.82, 2.24) is 0 Å². The number of hydrogen-bond acceptors (Lipinski definition) is 3. The number of likely N-dealkylation sites (tertiary alicyclic amines) is 1. The second-order valence-electron chi connectivity index (χ2n) is 4.60. The molecule has 1 heterocycles. The van der Waals surface area contributed by atoms with E-state index in [0.717, 1.165) is 19.4 Å². The molecule has 5 heteroatoms. The molecule has 0 spiro atoms. The van der Waals surface area contributed by atoms with Crippen LogP contribution in [0, 0.1) is 5.92 Å². The molecule has 1 rings (SSSR count). The van der Waals surface area contributed by atoms with Crippen LogP contribution in [0.25, 0.3) is 0 Å². The maximum absolute atomic E-state index is 11.4. The first-order valence-electron chi connectivity index (χ1n) is 5.72. The van der Waals surface area contributed by atoms with Crippen molar-refractivity contribution in [1.29, 1.82) is 0 Å². The average molecular weight is 230 g/mol. The van der Waals surface area contributed by atoms with E-state index >= 15 is 0 Å². The summed E-state index contributed by atoms with van der Waals surface area (Å²) in [6.45, 7) is 3.14. The summed E-state index contributed by atoms with van der Waals surface area (Å²) >= 11 is 0. The Morgan fingerprint density at radius 3 is 2.75 bits per heavy atom. The van der Waals surface area contributed by atoms with Crippen LogP contribution in [0.1, 0.15) is 32.6 Å². The van der Waals surface area contributed by atoms with Crippen LogP contribution in [0.3, 0.4) is 0 Å². The summed E-state index contributed by atoms with van der Waals surface area (Å²) in [7, 11) is 2.00. The highest BCUT2D eigenvalue weighted by Gasteiger charge is 2.29. The molecule has 0 bridgehead atoms. The molecule has 3 unspecified atom stereocenters. The van der Waals surface area contributed by atoms with Crippen LogP contribution in [0.5, 0.6) is 0 Å². The Kier molecular flexibility index (Phi) is 4.73. The molecule has 2 N–H and O–H groups in total. The number of carbonyl (C=O) groups is 2. The number of carbonyl (C=O) groups excluding carboxylic acids is 1. The van der Waals surface area contributed by atoms with Gasteiger partial charge in [0.25, 0.3) is 0 Å². The van der Waals surface area contributed by atoms with Gasteiger partial charge in [0.15, 0.2) is 0 Å². The highest BCUT2D eigenvalue weighted by molar-refractivity contribution is 5.76. The number of carboxylic acids is 1. The SMILES string of the molecule is CC1CC[NH+](C)C(OC(=O)CCC(=O)O)C1. The van der Waals surface area contributed by atoms with E-state index in [2.05, 4.69) is 6.92 Å². The maximum Gasteiger partial charge on any atom is 0.310 e. The molecular formula is C11H20NO4+. The molecule has 0 saturated carbocycles. The highest BCUT2D eigenvalue weighted by Crippen LogP contribution is 2.13. The Hall–Kier alpha value is -1.10. The quantitative estimate of drug-likeness (QED) is 0.649. The lowest BCUT2D eigenvalue weighted by Gasteiger charge is -2.31. The van der Waals surface area contributed by atoms with Gasteiger partial charge >= 0.3 is 11.9 Å². The first kappa shape index (κ1) is 13.0. The third-order valence-electron chi connectivity index (χ3n) is 3.01. The largest absolute Gasteiger partial charge is 0.481 e. The average Bonchev–Trinajstić information content (AvgIpc) is 2.20. The van der Waals surface area contributed by atoms with E-state index in [9.17, 15) is 9.59 Å². The van der Waals surface area contributed by atoms with Gasteiger partial charge in [-0.2, -0.15) is 0 Å². The van der Waals surface area contributed by atoms with E-state index < -0.39 is 11.9 Å². The number of esters is 1. The minimum atomic E-state index is -0.963. The molecule has 16 heavy (non-hydrogen) atoms. The fourth-order valence-electron chi connectivity index (χ4n) is 1.89. The standard InChI is InChI=1S/C11H19NO4/c1-8-5-6-12(2)9(7-8)16-11(15)4-3-10(13)14/h8-9H,3-7H2,1-2H3,(H,13,14)/p+1. The van der Waals surface area contributed by atoms with Crippen molar-refractivity contribution in [2.45, 2.75) is 38.8 Å². The lowest BCUT2D eigenvalue weighted by atomic mass is 9.98. The van der Waals surface area contributed by atoms with Crippen molar-refractivity contribution >= 4 is 11.9 Å². The molecule has 1 saturated heterocycles. The lowest BCUT2D eigenvalue weighted by molar-refractivity contribution is -0.933. The summed E-state index contributed by atoms with van der Waals surface area (Å²) in [5.41, 5.74) is 0. The fourth-order valence-corrected chi connectivity index (χ4v) is 1.89. The number of aliphatic carboxylic acids is 1. The van der Waals surface area contributed by atoms with Gasteiger partial charge in [0.2, 0.25) is 6.23 Å². The third kappa shape index (κ3) is 4.18. The Labute approximate surface area is 95.4 Å². The number of quaternary nitrogens is 1. The van der Waals surface area contributed by atoms with Crippen LogP contribution >= 0.6 is 0 Å². The van der Waals surface area contributed by atoms with Gasteiger partial charge in [-0.1, -0.05) is 6.92 Å². The number of hydrogen-bond donors (Lipinski definition) is 2. The van der Waals surface area contributed by atoms with Gasteiger partial charge in [-0.25, -0.2) is 0 Å². The third-order valence-corrected chi connectivity index (χ3v) is 3.01. The zero-order valence-electron chi connectivity index (χ0n) is 9.86. The summed E-state index contributed by atoms with van der Waals surface area (Å²) in [4.78, 5) is 22.9. The minimum absolute atomic E-state index is 0.0342. The van der Waals surface area contributed by atoms with Crippen LogP contribution in [0.2, 0.25) is 0 Å². The predicted octanol–water partition coefficient (Wildman–Crippen LogP) is -0.335. The smallest absolute Gasteiger partial charge is 0.310 e. The summed E-state index contributed by atoms with van der Waals surface area (Å²) in [5, 5.41) is 8.45. The Balaban J connectivity index is 2.34. The van der Waals surface area contributed by atoms with E-state index in [0.29, 0.717) is 5.92 Å². The molecule has 1 aliphatic heterocycles. The molecule has 0 amide bonds. The topological polar surface area (TPSA) is 68.0 Å². The maximum atomic E-state index is 11.4. The van der Waals surface area contributed by atoms with Crippen molar-refractivity contribution in [3.63, 3.8) is 0 Å². The molecule has 0 radical (unpaired) electrons. The number of carboxylic acid groups (broad SMARTS) is 1. The van der Waals surface area contributed by atoms with Crippen molar-refractivity contribution in [2.24, 2.45) is 5.92 Å². The van der Waals surface area contributed by atoms with Gasteiger partial charge in [0.1, 0.15) is 0 Å². The molecule has 1 aliphatic rings. The van der Waals surface area contributed by atoms with Gasteiger partial charge in [-0.05, 0) is 12.3 Å². The molecular weight excluding hydrogens is 210 g/mol. The van der Waals surface area contributed by atoms with Crippen molar-refractivity contribution in [2.75, 3.05) is 13.6 Å². The van der Waals surface area contributed by atoms with Crippen LogP contribution in [-0.2, 0) is 14.3 Å². The predicted molar refractivity (Wildman–Crippen MR) is 56.9 cm³/mol. The zero-order chi connectivity index (χ0) is 12.1. The van der Waals surface area contributed by atoms with Crippen molar-refractivity contribution in [3.8, 4) is 0 Å². The number of nitrogens with one attached hydrogen (secondary N) is 1.